The lowest BCUT2D eigenvalue weighted by atomic mass is 10.3. The second kappa shape index (κ2) is 5.97. The van der Waals surface area contributed by atoms with E-state index in [1.54, 1.807) is 0 Å². The summed E-state index contributed by atoms with van der Waals surface area (Å²) in [4.78, 5) is 4.48. The molecule has 0 saturated heterocycles. The van der Waals surface area contributed by atoms with Crippen molar-refractivity contribution < 1.29 is 0 Å². The summed E-state index contributed by atoms with van der Waals surface area (Å²) in [5.41, 5.74) is 8.66. The van der Waals surface area contributed by atoms with Gasteiger partial charge in [0.05, 0.1) is 11.0 Å². The summed E-state index contributed by atoms with van der Waals surface area (Å²) in [5, 5.41) is 0. The first-order chi connectivity index (χ1) is 6.72. The molecule has 16 heavy (non-hydrogen) atoms. The smallest absolute Gasteiger partial charge is 0.106 e. The van der Waals surface area contributed by atoms with E-state index >= 15 is 0 Å². The van der Waals surface area contributed by atoms with Crippen LogP contribution in [-0.4, -0.2) is 9.55 Å². The molecule has 0 spiro atoms. The van der Waals surface area contributed by atoms with Gasteiger partial charge in [-0.25, -0.2) is 4.98 Å². The normalized spacial score (nSPS) is 9.62. The molecule has 0 aliphatic heterocycles. The number of hydrogen-bond acceptors (Lipinski definition) is 2. The number of imidazole rings is 1. The first-order valence-electron chi connectivity index (χ1n) is 4.94. The van der Waals surface area contributed by atoms with Crippen LogP contribution >= 0.6 is 24.8 Å². The molecule has 0 bridgehead atoms. The maximum absolute atomic E-state index is 5.71. The van der Waals surface area contributed by atoms with E-state index in [1.165, 1.54) is 5.52 Å². The number of benzene rings is 1. The Morgan fingerprint density at radius 3 is 2.62 bits per heavy atom. The summed E-state index contributed by atoms with van der Waals surface area (Å²) in [7, 11) is 0. The molecular formula is C11H17Cl2N3. The number of aromatic nitrogens is 2. The summed E-state index contributed by atoms with van der Waals surface area (Å²) < 4.78 is 2.23. The van der Waals surface area contributed by atoms with Gasteiger partial charge in [0.1, 0.15) is 5.82 Å². The predicted molar refractivity (Wildman–Crippen MR) is 73.7 cm³/mol. The molecule has 90 valence electrons. The Hall–Kier alpha value is -0.930. The standard InChI is InChI=1S/C11H15N3.2ClH/c1-3-6-14-8(2)13-10-7-9(12)4-5-11(10)14;;/h4-5,7H,3,6,12H2,1-2H3;2*1H. The van der Waals surface area contributed by atoms with Crippen molar-refractivity contribution in [2.75, 3.05) is 5.73 Å². The maximum Gasteiger partial charge on any atom is 0.106 e. The van der Waals surface area contributed by atoms with Crippen molar-refractivity contribution in [1.82, 2.24) is 9.55 Å². The number of hydrogen-bond donors (Lipinski definition) is 1. The molecule has 0 aliphatic carbocycles. The van der Waals surface area contributed by atoms with Crippen LogP contribution in [0.4, 0.5) is 5.69 Å². The van der Waals surface area contributed by atoms with Gasteiger partial charge in [-0.2, -0.15) is 0 Å². The first-order valence-corrected chi connectivity index (χ1v) is 4.94. The second-order valence-electron chi connectivity index (χ2n) is 3.56. The third-order valence-corrected chi connectivity index (χ3v) is 2.41. The number of anilines is 1. The fraction of sp³-hybridized carbons (Fsp3) is 0.364. The molecule has 0 saturated carbocycles. The van der Waals surface area contributed by atoms with Crippen molar-refractivity contribution in [3.8, 4) is 0 Å². The third-order valence-electron chi connectivity index (χ3n) is 2.41. The summed E-state index contributed by atoms with van der Waals surface area (Å²) in [6.45, 7) is 5.22. The predicted octanol–water partition coefficient (Wildman–Crippen LogP) is 3.18. The highest BCUT2D eigenvalue weighted by Crippen LogP contribution is 2.18. The van der Waals surface area contributed by atoms with Crippen LogP contribution in [0.2, 0.25) is 0 Å². The number of fused-ring (bicyclic) bond motifs is 1. The van der Waals surface area contributed by atoms with Crippen LogP contribution in [0.15, 0.2) is 18.2 Å². The summed E-state index contributed by atoms with van der Waals surface area (Å²) >= 11 is 0. The van der Waals surface area contributed by atoms with Crippen LogP contribution < -0.4 is 5.73 Å². The molecule has 0 atom stereocenters. The van der Waals surface area contributed by atoms with Gasteiger partial charge in [-0.1, -0.05) is 6.92 Å². The van der Waals surface area contributed by atoms with Gasteiger partial charge in [-0.05, 0) is 31.5 Å². The minimum Gasteiger partial charge on any atom is -0.399 e. The molecule has 1 aromatic heterocycles. The van der Waals surface area contributed by atoms with Crippen molar-refractivity contribution in [3.63, 3.8) is 0 Å². The highest BCUT2D eigenvalue weighted by molar-refractivity contribution is 5.85. The minimum atomic E-state index is 0. The molecule has 1 aromatic carbocycles. The summed E-state index contributed by atoms with van der Waals surface area (Å²) in [5.74, 6) is 1.06. The molecular weight excluding hydrogens is 245 g/mol. The van der Waals surface area contributed by atoms with Gasteiger partial charge >= 0.3 is 0 Å². The molecule has 0 amide bonds. The van der Waals surface area contributed by atoms with Crippen molar-refractivity contribution >= 4 is 41.5 Å². The van der Waals surface area contributed by atoms with Crippen LogP contribution in [0, 0.1) is 6.92 Å². The van der Waals surface area contributed by atoms with E-state index < -0.39 is 0 Å². The fourth-order valence-electron chi connectivity index (χ4n) is 1.77. The Morgan fingerprint density at radius 1 is 1.31 bits per heavy atom. The van der Waals surface area contributed by atoms with Gasteiger partial charge in [-0.15, -0.1) is 24.8 Å². The Bertz CT molecular complexity index is 465. The highest BCUT2D eigenvalue weighted by atomic mass is 35.5. The van der Waals surface area contributed by atoms with Crippen molar-refractivity contribution in [2.45, 2.75) is 26.8 Å². The van der Waals surface area contributed by atoms with E-state index in [0.29, 0.717) is 0 Å². The van der Waals surface area contributed by atoms with Crippen molar-refractivity contribution in [3.05, 3.63) is 24.0 Å². The quantitative estimate of drug-likeness (QED) is 0.845. The largest absolute Gasteiger partial charge is 0.399 e. The van der Waals surface area contributed by atoms with E-state index in [0.717, 1.165) is 30.0 Å². The van der Waals surface area contributed by atoms with Gasteiger partial charge < -0.3 is 10.3 Å². The number of aryl methyl sites for hydroxylation is 2. The lowest BCUT2D eigenvalue weighted by molar-refractivity contribution is 0.676. The zero-order valence-corrected chi connectivity index (χ0v) is 11.1. The number of nitrogens with zero attached hydrogens (tertiary/aromatic N) is 2. The molecule has 2 rings (SSSR count). The second-order valence-corrected chi connectivity index (χ2v) is 3.56. The summed E-state index contributed by atoms with van der Waals surface area (Å²) in [6, 6.07) is 5.89. The number of nitrogen functional groups attached to an aromatic ring is 1. The summed E-state index contributed by atoms with van der Waals surface area (Å²) in [6.07, 6.45) is 1.12. The van der Waals surface area contributed by atoms with Crippen LogP contribution in [0.5, 0.6) is 0 Å². The molecule has 2 N–H and O–H groups in total. The molecule has 3 nitrogen and oxygen atoms in total. The van der Waals surface area contributed by atoms with E-state index in [-0.39, 0.29) is 24.8 Å². The first kappa shape index (κ1) is 15.1. The third kappa shape index (κ3) is 2.60. The SMILES string of the molecule is CCCn1c(C)nc2cc(N)ccc21.Cl.Cl. The number of nitrogens with two attached hydrogens (primary N) is 1. The van der Waals surface area contributed by atoms with Crippen LogP contribution in [-0.2, 0) is 6.54 Å². The van der Waals surface area contributed by atoms with Crippen molar-refractivity contribution in [2.24, 2.45) is 0 Å². The number of rotatable bonds is 2. The average Bonchev–Trinajstić information content (AvgIpc) is 2.43. The molecule has 0 unspecified atom stereocenters. The van der Waals surface area contributed by atoms with Gasteiger partial charge in [0, 0.05) is 12.2 Å². The van der Waals surface area contributed by atoms with Crippen LogP contribution in [0.1, 0.15) is 19.2 Å². The molecule has 0 fully saturated rings. The molecule has 2 aromatic rings. The Labute approximate surface area is 108 Å². The molecule has 1 heterocycles. The number of halogens is 2. The molecule has 0 aliphatic rings. The molecule has 5 heteroatoms. The van der Waals surface area contributed by atoms with Crippen LogP contribution in [0.25, 0.3) is 11.0 Å². The molecule has 0 radical (unpaired) electrons. The van der Waals surface area contributed by atoms with E-state index in [2.05, 4.69) is 16.5 Å². The van der Waals surface area contributed by atoms with E-state index in [9.17, 15) is 0 Å². The average molecular weight is 262 g/mol. The Kier molecular flexibility index (Phi) is 5.62. The van der Waals surface area contributed by atoms with Gasteiger partial charge in [0.15, 0.2) is 0 Å². The fourth-order valence-corrected chi connectivity index (χ4v) is 1.77. The van der Waals surface area contributed by atoms with Crippen molar-refractivity contribution in [1.29, 1.82) is 0 Å². The zero-order valence-electron chi connectivity index (χ0n) is 9.43. The van der Waals surface area contributed by atoms with Gasteiger partial charge in [0.2, 0.25) is 0 Å². The highest BCUT2D eigenvalue weighted by Gasteiger charge is 2.05. The minimum absolute atomic E-state index is 0. The lowest BCUT2D eigenvalue weighted by Gasteiger charge is -2.03. The van der Waals surface area contributed by atoms with Crippen LogP contribution in [0.3, 0.4) is 0 Å². The zero-order chi connectivity index (χ0) is 10.1. The Morgan fingerprint density at radius 2 is 2.00 bits per heavy atom. The maximum atomic E-state index is 5.71. The van der Waals surface area contributed by atoms with Gasteiger partial charge in [0.25, 0.3) is 0 Å². The monoisotopic (exact) mass is 261 g/mol. The van der Waals surface area contributed by atoms with Gasteiger partial charge in [-0.3, -0.25) is 0 Å². The Balaban J connectivity index is 0.00000112. The lowest BCUT2D eigenvalue weighted by Crippen LogP contribution is -1.98. The topological polar surface area (TPSA) is 43.8 Å². The van der Waals surface area contributed by atoms with E-state index in [4.69, 9.17) is 5.73 Å². The van der Waals surface area contributed by atoms with E-state index in [1.807, 2.05) is 25.1 Å².